The summed E-state index contributed by atoms with van der Waals surface area (Å²) in [4.78, 5) is 23.9. The molecule has 126 valence electrons. The first-order valence-electron chi connectivity index (χ1n) is 7.39. The molecule has 0 saturated heterocycles. The minimum absolute atomic E-state index is 0.0432. The van der Waals surface area contributed by atoms with Gasteiger partial charge in [-0.25, -0.2) is 4.79 Å². The van der Waals surface area contributed by atoms with Gasteiger partial charge < -0.3 is 15.2 Å². The summed E-state index contributed by atoms with van der Waals surface area (Å²) in [7, 11) is 0. The molecule has 0 aliphatic heterocycles. The van der Waals surface area contributed by atoms with Gasteiger partial charge in [0.25, 0.3) is 5.91 Å². The van der Waals surface area contributed by atoms with E-state index in [-0.39, 0.29) is 17.4 Å². The fourth-order valence-corrected chi connectivity index (χ4v) is 2.85. The molecule has 1 amide bonds. The lowest BCUT2D eigenvalue weighted by Gasteiger charge is -2.16. The van der Waals surface area contributed by atoms with Crippen LogP contribution in [0.25, 0.3) is 0 Å². The van der Waals surface area contributed by atoms with Crippen molar-refractivity contribution in [1.29, 1.82) is 0 Å². The molecule has 5 nitrogen and oxygen atoms in total. The van der Waals surface area contributed by atoms with Crippen molar-refractivity contribution in [2.45, 2.75) is 19.9 Å². The standard InChI is InChI=1S/C18H18BrNO4/c1-11-6-5-8-14(17(11)22)18(23)24-10-16(21)20-12(2)13-7-3-4-9-15(13)19/h3-9,12,22H,10H2,1-2H3,(H,20,21)/t12-/m0/s1. The zero-order valence-electron chi connectivity index (χ0n) is 13.4. The van der Waals surface area contributed by atoms with E-state index in [1.807, 2.05) is 31.2 Å². The van der Waals surface area contributed by atoms with Gasteiger partial charge in [0.2, 0.25) is 0 Å². The molecule has 0 radical (unpaired) electrons. The van der Waals surface area contributed by atoms with Crippen molar-refractivity contribution in [2.75, 3.05) is 6.61 Å². The number of rotatable bonds is 5. The number of nitrogens with one attached hydrogen (secondary N) is 1. The number of aryl methyl sites for hydroxylation is 1. The summed E-state index contributed by atoms with van der Waals surface area (Å²) < 4.78 is 5.86. The van der Waals surface area contributed by atoms with E-state index in [9.17, 15) is 14.7 Å². The van der Waals surface area contributed by atoms with Crippen molar-refractivity contribution in [3.63, 3.8) is 0 Å². The number of carbonyl (C=O) groups is 2. The number of halogens is 1. The van der Waals surface area contributed by atoms with Crippen molar-refractivity contribution in [3.8, 4) is 5.75 Å². The topological polar surface area (TPSA) is 75.6 Å². The lowest BCUT2D eigenvalue weighted by molar-refractivity contribution is -0.124. The van der Waals surface area contributed by atoms with Crippen LogP contribution >= 0.6 is 15.9 Å². The zero-order valence-corrected chi connectivity index (χ0v) is 15.0. The maximum absolute atomic E-state index is 12.0. The Morgan fingerprint density at radius 3 is 2.62 bits per heavy atom. The summed E-state index contributed by atoms with van der Waals surface area (Å²) >= 11 is 3.43. The van der Waals surface area contributed by atoms with E-state index in [0.717, 1.165) is 10.0 Å². The maximum atomic E-state index is 12.0. The first-order valence-corrected chi connectivity index (χ1v) is 8.19. The molecular weight excluding hydrogens is 374 g/mol. The number of aromatic hydroxyl groups is 1. The minimum atomic E-state index is -0.736. The van der Waals surface area contributed by atoms with Crippen LogP contribution in [0.1, 0.15) is 34.5 Å². The van der Waals surface area contributed by atoms with Gasteiger partial charge in [-0.3, -0.25) is 4.79 Å². The molecule has 0 unspecified atom stereocenters. The molecule has 0 saturated carbocycles. The number of phenolic OH excluding ortho intramolecular Hbond substituents is 1. The van der Waals surface area contributed by atoms with Gasteiger partial charge in [0.1, 0.15) is 11.3 Å². The predicted octanol–water partition coefficient (Wildman–Crippen LogP) is 3.50. The highest BCUT2D eigenvalue weighted by molar-refractivity contribution is 9.10. The second-order valence-electron chi connectivity index (χ2n) is 5.36. The fraction of sp³-hybridized carbons (Fsp3) is 0.222. The van der Waals surface area contributed by atoms with E-state index in [1.165, 1.54) is 6.07 Å². The molecule has 0 aromatic heterocycles. The molecule has 0 aliphatic rings. The number of carbonyl (C=O) groups excluding carboxylic acids is 2. The van der Waals surface area contributed by atoms with Crippen molar-refractivity contribution in [2.24, 2.45) is 0 Å². The number of esters is 1. The molecule has 24 heavy (non-hydrogen) atoms. The third-order valence-electron chi connectivity index (χ3n) is 3.54. The second kappa shape index (κ2) is 7.97. The van der Waals surface area contributed by atoms with E-state index in [4.69, 9.17) is 4.74 Å². The second-order valence-corrected chi connectivity index (χ2v) is 6.21. The van der Waals surface area contributed by atoms with E-state index in [0.29, 0.717) is 5.56 Å². The quantitative estimate of drug-likeness (QED) is 0.764. The van der Waals surface area contributed by atoms with Gasteiger partial charge in [-0.15, -0.1) is 0 Å². The van der Waals surface area contributed by atoms with Crippen LogP contribution in [-0.2, 0) is 9.53 Å². The van der Waals surface area contributed by atoms with Crippen molar-refractivity contribution >= 4 is 27.8 Å². The Bertz CT molecular complexity index is 760. The Balaban J connectivity index is 1.92. The molecule has 2 aromatic rings. The predicted molar refractivity (Wildman–Crippen MR) is 93.8 cm³/mol. The van der Waals surface area contributed by atoms with E-state index < -0.39 is 18.5 Å². The maximum Gasteiger partial charge on any atom is 0.342 e. The molecule has 0 heterocycles. The summed E-state index contributed by atoms with van der Waals surface area (Å²) in [5.74, 6) is -1.29. The van der Waals surface area contributed by atoms with Crippen LogP contribution in [0, 0.1) is 6.92 Å². The molecule has 1 atom stereocenters. The average molecular weight is 392 g/mol. The fourth-order valence-electron chi connectivity index (χ4n) is 2.22. The number of phenols is 1. The van der Waals surface area contributed by atoms with Gasteiger partial charge in [-0.1, -0.05) is 46.3 Å². The number of hydrogen-bond acceptors (Lipinski definition) is 4. The third-order valence-corrected chi connectivity index (χ3v) is 4.26. The van der Waals surface area contributed by atoms with Crippen LogP contribution in [0.2, 0.25) is 0 Å². The Morgan fingerprint density at radius 1 is 1.21 bits per heavy atom. The van der Waals surface area contributed by atoms with Crippen molar-refractivity contribution in [3.05, 3.63) is 63.6 Å². The van der Waals surface area contributed by atoms with Gasteiger partial charge in [-0.2, -0.15) is 0 Å². The number of ether oxygens (including phenoxy) is 1. The third kappa shape index (κ3) is 4.35. The highest BCUT2D eigenvalue weighted by atomic mass is 79.9. The lowest BCUT2D eigenvalue weighted by Crippen LogP contribution is -2.31. The normalized spacial score (nSPS) is 11.6. The Kier molecular flexibility index (Phi) is 5.98. The largest absolute Gasteiger partial charge is 0.507 e. The molecular formula is C18H18BrNO4. The molecule has 2 rings (SSSR count). The number of para-hydroxylation sites is 1. The molecule has 6 heteroatoms. The highest BCUT2D eigenvalue weighted by Crippen LogP contribution is 2.23. The van der Waals surface area contributed by atoms with E-state index >= 15 is 0 Å². The molecule has 2 N–H and O–H groups in total. The smallest absolute Gasteiger partial charge is 0.342 e. The molecule has 0 aliphatic carbocycles. The minimum Gasteiger partial charge on any atom is -0.507 e. The van der Waals surface area contributed by atoms with Crippen molar-refractivity contribution < 1.29 is 19.4 Å². The first-order chi connectivity index (χ1) is 11.4. The molecule has 2 aromatic carbocycles. The Labute approximate surface area is 148 Å². The van der Waals surface area contributed by atoms with Gasteiger partial charge in [-0.05, 0) is 37.1 Å². The number of benzene rings is 2. The van der Waals surface area contributed by atoms with Crippen LogP contribution in [0.4, 0.5) is 0 Å². The van der Waals surface area contributed by atoms with Gasteiger partial charge in [0, 0.05) is 4.47 Å². The lowest BCUT2D eigenvalue weighted by atomic mass is 10.1. The van der Waals surface area contributed by atoms with Crippen LogP contribution in [0.3, 0.4) is 0 Å². The van der Waals surface area contributed by atoms with Crippen LogP contribution in [0.5, 0.6) is 5.75 Å². The molecule has 0 bridgehead atoms. The average Bonchev–Trinajstić information content (AvgIpc) is 2.55. The first kappa shape index (κ1) is 18.0. The summed E-state index contributed by atoms with van der Waals surface area (Å²) in [6.07, 6.45) is 0. The van der Waals surface area contributed by atoms with E-state index in [1.54, 1.807) is 19.1 Å². The van der Waals surface area contributed by atoms with Crippen LogP contribution in [-0.4, -0.2) is 23.6 Å². The van der Waals surface area contributed by atoms with Gasteiger partial charge in [0.05, 0.1) is 6.04 Å². The van der Waals surface area contributed by atoms with Crippen LogP contribution in [0.15, 0.2) is 46.9 Å². The van der Waals surface area contributed by atoms with Gasteiger partial charge >= 0.3 is 5.97 Å². The van der Waals surface area contributed by atoms with Crippen LogP contribution < -0.4 is 5.32 Å². The molecule has 0 fully saturated rings. The summed E-state index contributed by atoms with van der Waals surface area (Å²) in [6, 6.07) is 12.1. The SMILES string of the molecule is Cc1cccc(C(=O)OCC(=O)N[C@@H](C)c2ccccc2Br)c1O. The summed E-state index contributed by atoms with van der Waals surface area (Å²) in [5, 5.41) is 12.6. The molecule has 0 spiro atoms. The Morgan fingerprint density at radius 2 is 1.92 bits per heavy atom. The number of amides is 1. The monoisotopic (exact) mass is 391 g/mol. The highest BCUT2D eigenvalue weighted by Gasteiger charge is 2.17. The summed E-state index contributed by atoms with van der Waals surface area (Å²) in [5.41, 5.74) is 1.53. The Hall–Kier alpha value is -2.34. The zero-order chi connectivity index (χ0) is 17.7. The van der Waals surface area contributed by atoms with Crippen molar-refractivity contribution in [1.82, 2.24) is 5.32 Å². The summed E-state index contributed by atoms with van der Waals surface area (Å²) in [6.45, 7) is 3.10. The number of hydrogen-bond donors (Lipinski definition) is 2. The van der Waals surface area contributed by atoms with E-state index in [2.05, 4.69) is 21.2 Å². The van der Waals surface area contributed by atoms with Gasteiger partial charge in [0.15, 0.2) is 6.61 Å².